The van der Waals surface area contributed by atoms with E-state index in [1.807, 2.05) is 6.92 Å². The normalized spacial score (nSPS) is 13.0. The Kier molecular flexibility index (Phi) is 7.51. The molecule has 0 aliphatic carbocycles. The summed E-state index contributed by atoms with van der Waals surface area (Å²) in [4.78, 5) is 8.21. The summed E-state index contributed by atoms with van der Waals surface area (Å²) in [5, 5.41) is 0. The Morgan fingerprint density at radius 2 is 1.29 bits per heavy atom. The van der Waals surface area contributed by atoms with Gasteiger partial charge < -0.3 is 28.7 Å². The van der Waals surface area contributed by atoms with E-state index in [1.165, 1.54) is 12.1 Å². The second-order valence-corrected chi connectivity index (χ2v) is 9.42. The molecule has 10 nitrogen and oxygen atoms in total. The second-order valence-electron chi connectivity index (χ2n) is 7.70. The van der Waals surface area contributed by atoms with Crippen LogP contribution in [0.15, 0.2) is 87.7 Å². The summed E-state index contributed by atoms with van der Waals surface area (Å²) >= 11 is 0. The lowest BCUT2D eigenvalue weighted by Crippen LogP contribution is -2.36. The standard InChI is InChI=1S/C23H28N8O2S/c1-14-8-10-19(11-9-14)34(32,33)31-21(16-5-3-7-18(13-16)30-23(27)28)20(24)15-4-2-6-17(12-15)29-22(25)26/h2-13,20-21,31H,24H2,1H3,(H4,25,26,29)(H4,27,28,30)/t20-,21-/m1/s1. The number of benzene rings is 3. The quantitative estimate of drug-likeness (QED) is 0.207. The fourth-order valence-electron chi connectivity index (χ4n) is 3.38. The SMILES string of the molecule is Cc1ccc(S(=O)(=O)N[C@H](c2cccc(N=C(N)N)c2)[C@H](N)c2cccc(N=C(N)N)c2)cc1. The van der Waals surface area contributed by atoms with Crippen molar-refractivity contribution in [1.29, 1.82) is 0 Å². The highest BCUT2D eigenvalue weighted by molar-refractivity contribution is 7.89. The van der Waals surface area contributed by atoms with Gasteiger partial charge in [0.15, 0.2) is 11.9 Å². The van der Waals surface area contributed by atoms with Crippen LogP contribution in [0.5, 0.6) is 0 Å². The first kappa shape index (κ1) is 24.7. The summed E-state index contributed by atoms with van der Waals surface area (Å²) in [6.07, 6.45) is 0. The number of guanidine groups is 2. The maximum atomic E-state index is 13.2. The van der Waals surface area contributed by atoms with Gasteiger partial charge in [0.05, 0.1) is 28.4 Å². The van der Waals surface area contributed by atoms with Crippen molar-refractivity contribution in [1.82, 2.24) is 4.72 Å². The number of aryl methyl sites for hydroxylation is 1. The Morgan fingerprint density at radius 3 is 1.82 bits per heavy atom. The molecule has 3 aromatic carbocycles. The first-order valence-corrected chi connectivity index (χ1v) is 11.8. The molecule has 0 saturated heterocycles. The molecule has 34 heavy (non-hydrogen) atoms. The molecule has 178 valence electrons. The minimum Gasteiger partial charge on any atom is -0.370 e. The second kappa shape index (κ2) is 10.3. The fraction of sp³-hybridized carbons (Fsp3) is 0.130. The van der Waals surface area contributed by atoms with Crippen LogP contribution in [-0.2, 0) is 10.0 Å². The summed E-state index contributed by atoms with van der Waals surface area (Å²) < 4.78 is 29.2. The molecule has 0 spiro atoms. The molecule has 0 radical (unpaired) electrons. The van der Waals surface area contributed by atoms with Crippen molar-refractivity contribution in [2.24, 2.45) is 38.7 Å². The topological polar surface area (TPSA) is 201 Å². The maximum absolute atomic E-state index is 13.2. The van der Waals surface area contributed by atoms with Gasteiger partial charge in [-0.2, -0.15) is 0 Å². The summed E-state index contributed by atoms with van der Waals surface area (Å²) in [6, 6.07) is 18.6. The molecule has 0 aliphatic heterocycles. The first-order valence-electron chi connectivity index (χ1n) is 10.3. The molecule has 3 rings (SSSR count). The lowest BCUT2D eigenvalue weighted by molar-refractivity contribution is 0.504. The predicted octanol–water partition coefficient (Wildman–Crippen LogP) is 1.52. The van der Waals surface area contributed by atoms with Crippen LogP contribution in [0, 0.1) is 6.92 Å². The molecule has 11 N–H and O–H groups in total. The lowest BCUT2D eigenvalue weighted by atomic mass is 9.94. The highest BCUT2D eigenvalue weighted by Crippen LogP contribution is 2.32. The highest BCUT2D eigenvalue weighted by atomic mass is 32.2. The zero-order valence-corrected chi connectivity index (χ0v) is 19.4. The third kappa shape index (κ3) is 6.32. The smallest absolute Gasteiger partial charge is 0.241 e. The molecule has 0 aromatic heterocycles. The zero-order chi connectivity index (χ0) is 24.9. The summed E-state index contributed by atoms with van der Waals surface area (Å²) in [7, 11) is -3.93. The van der Waals surface area contributed by atoms with Gasteiger partial charge in [-0.15, -0.1) is 0 Å². The number of hydrogen-bond acceptors (Lipinski definition) is 5. The van der Waals surface area contributed by atoms with E-state index in [9.17, 15) is 8.42 Å². The number of aliphatic imine (C=N–C) groups is 2. The summed E-state index contributed by atoms with van der Waals surface area (Å²) in [5.74, 6) is -0.226. The molecule has 0 bridgehead atoms. The molecule has 11 heteroatoms. The van der Waals surface area contributed by atoms with Crippen LogP contribution in [0.25, 0.3) is 0 Å². The lowest BCUT2D eigenvalue weighted by Gasteiger charge is -2.26. The van der Waals surface area contributed by atoms with Crippen molar-refractivity contribution in [3.05, 3.63) is 89.5 Å². The van der Waals surface area contributed by atoms with Crippen molar-refractivity contribution >= 4 is 33.3 Å². The van der Waals surface area contributed by atoms with E-state index in [1.54, 1.807) is 60.7 Å². The van der Waals surface area contributed by atoms with Crippen LogP contribution in [0.1, 0.15) is 28.8 Å². The van der Waals surface area contributed by atoms with Gasteiger partial charge in [0.1, 0.15) is 0 Å². The van der Waals surface area contributed by atoms with Crippen LogP contribution >= 0.6 is 0 Å². The van der Waals surface area contributed by atoms with E-state index in [0.29, 0.717) is 22.5 Å². The van der Waals surface area contributed by atoms with Crippen molar-refractivity contribution < 1.29 is 8.42 Å². The first-order chi connectivity index (χ1) is 16.0. The minimum absolute atomic E-state index is 0.104. The van der Waals surface area contributed by atoms with Gasteiger partial charge in [0, 0.05) is 0 Å². The molecule has 0 heterocycles. The molecule has 0 fully saturated rings. The fourth-order valence-corrected chi connectivity index (χ4v) is 4.63. The predicted molar refractivity (Wildman–Crippen MR) is 135 cm³/mol. The average molecular weight is 481 g/mol. The molecular weight excluding hydrogens is 452 g/mol. The monoisotopic (exact) mass is 480 g/mol. The van der Waals surface area contributed by atoms with E-state index < -0.39 is 22.1 Å². The van der Waals surface area contributed by atoms with Crippen LogP contribution in [0.3, 0.4) is 0 Å². The molecular formula is C23H28N8O2S. The highest BCUT2D eigenvalue weighted by Gasteiger charge is 2.28. The Bertz CT molecular complexity index is 1310. The van der Waals surface area contributed by atoms with Gasteiger partial charge >= 0.3 is 0 Å². The van der Waals surface area contributed by atoms with E-state index in [4.69, 9.17) is 28.7 Å². The third-order valence-corrected chi connectivity index (χ3v) is 6.43. The van der Waals surface area contributed by atoms with E-state index in [2.05, 4.69) is 14.7 Å². The van der Waals surface area contributed by atoms with Crippen LogP contribution < -0.4 is 33.4 Å². The van der Waals surface area contributed by atoms with Gasteiger partial charge in [0.2, 0.25) is 10.0 Å². The van der Waals surface area contributed by atoms with Gasteiger partial charge in [-0.3, -0.25) is 0 Å². The Morgan fingerprint density at radius 1 is 0.794 bits per heavy atom. The summed E-state index contributed by atoms with van der Waals surface area (Å²) in [6.45, 7) is 1.88. The Hall–Kier alpha value is -3.93. The number of sulfonamides is 1. The number of rotatable bonds is 8. The number of nitrogens with zero attached hydrogens (tertiary/aromatic N) is 2. The third-order valence-electron chi connectivity index (χ3n) is 4.97. The van der Waals surface area contributed by atoms with E-state index in [0.717, 1.165) is 5.56 Å². The Balaban J connectivity index is 2.08. The van der Waals surface area contributed by atoms with Gasteiger partial charge in [-0.1, -0.05) is 42.0 Å². The van der Waals surface area contributed by atoms with Gasteiger partial charge in [-0.25, -0.2) is 23.1 Å². The van der Waals surface area contributed by atoms with Crippen LogP contribution in [-0.4, -0.2) is 20.3 Å². The van der Waals surface area contributed by atoms with Gasteiger partial charge in [0.25, 0.3) is 0 Å². The number of nitrogens with two attached hydrogens (primary N) is 5. The minimum atomic E-state index is -3.93. The maximum Gasteiger partial charge on any atom is 0.241 e. The molecule has 0 aliphatic rings. The average Bonchev–Trinajstić information content (AvgIpc) is 2.77. The van der Waals surface area contributed by atoms with Crippen molar-refractivity contribution in [3.63, 3.8) is 0 Å². The largest absolute Gasteiger partial charge is 0.370 e. The Labute approximate surface area is 198 Å². The van der Waals surface area contributed by atoms with Crippen molar-refractivity contribution in [3.8, 4) is 0 Å². The van der Waals surface area contributed by atoms with Crippen LogP contribution in [0.4, 0.5) is 11.4 Å². The van der Waals surface area contributed by atoms with E-state index in [-0.39, 0.29) is 16.8 Å². The van der Waals surface area contributed by atoms with Crippen LogP contribution in [0.2, 0.25) is 0 Å². The molecule has 2 atom stereocenters. The number of nitrogens with one attached hydrogen (secondary N) is 1. The van der Waals surface area contributed by atoms with E-state index >= 15 is 0 Å². The molecule has 0 amide bonds. The van der Waals surface area contributed by atoms with Gasteiger partial charge in [-0.05, 0) is 54.4 Å². The molecule has 0 unspecified atom stereocenters. The number of hydrogen-bond donors (Lipinski definition) is 6. The summed E-state index contributed by atoms with van der Waals surface area (Å²) in [5.41, 5.74) is 31.7. The zero-order valence-electron chi connectivity index (χ0n) is 18.6. The van der Waals surface area contributed by atoms with Crippen molar-refractivity contribution in [2.45, 2.75) is 23.9 Å². The molecule has 0 saturated carbocycles. The molecule has 3 aromatic rings. The van der Waals surface area contributed by atoms with Crippen molar-refractivity contribution in [2.75, 3.05) is 0 Å².